The Hall–Kier alpha value is -0.950. The van der Waals surface area contributed by atoms with Gasteiger partial charge >= 0.3 is 7.82 Å². The van der Waals surface area contributed by atoms with E-state index in [1.165, 1.54) is 0 Å². The zero-order valence-corrected chi connectivity index (χ0v) is 14.0. The molecule has 0 amide bonds. The van der Waals surface area contributed by atoms with E-state index in [-0.39, 0.29) is 0 Å². The normalized spacial score (nSPS) is 44.6. The van der Waals surface area contributed by atoms with E-state index in [1.807, 2.05) is 6.07 Å². The van der Waals surface area contributed by atoms with Gasteiger partial charge < -0.3 is 18.7 Å². The van der Waals surface area contributed by atoms with Crippen LogP contribution >= 0.6 is 7.82 Å². The third-order valence-electron chi connectivity index (χ3n) is 4.00. The second kappa shape index (κ2) is 5.28. The summed E-state index contributed by atoms with van der Waals surface area (Å²) in [5.41, 5.74) is 0. The van der Waals surface area contributed by atoms with Gasteiger partial charge in [-0.2, -0.15) is 0 Å². The van der Waals surface area contributed by atoms with E-state index in [0.717, 1.165) is 0 Å². The van der Waals surface area contributed by atoms with Gasteiger partial charge in [0.05, 0.1) is 6.10 Å². The highest BCUT2D eigenvalue weighted by atomic mass is 31.2. The first-order valence-corrected chi connectivity index (χ1v) is 9.04. The molecular formula is C15H19O7P. The second-order valence-corrected chi connectivity index (χ2v) is 7.80. The predicted octanol–water partition coefficient (Wildman–Crippen LogP) is 2.85. The molecule has 0 radical (unpaired) electrons. The van der Waals surface area contributed by atoms with Crippen molar-refractivity contribution in [2.75, 3.05) is 0 Å². The molecule has 7 nitrogen and oxygen atoms in total. The number of fused-ring (bicyclic) bond motifs is 3. The SMILES string of the molecule is C[C@@H]1OP(=O)(Oc2ccccc2)O[C@@H]2[C@H]3OC(C)(C)O[C@H]3O[C@@H]21. The Labute approximate surface area is 134 Å². The number of para-hydroxylation sites is 1. The molecule has 1 unspecified atom stereocenters. The molecule has 3 fully saturated rings. The minimum absolute atomic E-state index is 0.414. The monoisotopic (exact) mass is 342 g/mol. The summed E-state index contributed by atoms with van der Waals surface area (Å²) in [6.07, 6.45) is -2.48. The Morgan fingerprint density at radius 3 is 2.52 bits per heavy atom. The number of hydrogen-bond donors (Lipinski definition) is 0. The van der Waals surface area contributed by atoms with E-state index in [1.54, 1.807) is 45.0 Å². The van der Waals surface area contributed by atoms with Crippen LogP contribution in [-0.2, 0) is 27.8 Å². The van der Waals surface area contributed by atoms with Crippen LogP contribution in [0, 0.1) is 0 Å². The number of rotatable bonds is 2. The first-order valence-electron chi connectivity index (χ1n) is 7.58. The van der Waals surface area contributed by atoms with Crippen molar-refractivity contribution in [2.24, 2.45) is 0 Å². The lowest BCUT2D eigenvalue weighted by atomic mass is 10.1. The Balaban J connectivity index is 1.56. The Morgan fingerprint density at radius 1 is 1.04 bits per heavy atom. The van der Waals surface area contributed by atoms with Gasteiger partial charge in [-0.3, -0.25) is 9.05 Å². The average Bonchev–Trinajstić information content (AvgIpc) is 2.93. The van der Waals surface area contributed by atoms with Crippen LogP contribution in [-0.4, -0.2) is 36.5 Å². The van der Waals surface area contributed by atoms with Crippen LogP contribution in [0.5, 0.6) is 5.75 Å². The maximum Gasteiger partial charge on any atom is 0.530 e. The summed E-state index contributed by atoms with van der Waals surface area (Å²) in [6.45, 7) is 5.37. The lowest BCUT2D eigenvalue weighted by Gasteiger charge is -2.36. The summed E-state index contributed by atoms with van der Waals surface area (Å²) in [5, 5.41) is 0. The highest BCUT2D eigenvalue weighted by molar-refractivity contribution is 7.49. The number of phosphoric acid groups is 1. The molecular weight excluding hydrogens is 323 g/mol. The number of benzene rings is 1. The number of hydrogen-bond acceptors (Lipinski definition) is 7. The van der Waals surface area contributed by atoms with Crippen LogP contribution in [0.25, 0.3) is 0 Å². The van der Waals surface area contributed by atoms with Crippen molar-refractivity contribution in [3.05, 3.63) is 30.3 Å². The van der Waals surface area contributed by atoms with Crippen molar-refractivity contribution in [2.45, 2.75) is 57.3 Å². The fraction of sp³-hybridized carbons (Fsp3) is 0.600. The second-order valence-electron chi connectivity index (χ2n) is 6.30. The largest absolute Gasteiger partial charge is 0.530 e. The maximum atomic E-state index is 12.9. The molecule has 1 aromatic carbocycles. The van der Waals surface area contributed by atoms with Crippen molar-refractivity contribution in [3.8, 4) is 5.75 Å². The van der Waals surface area contributed by atoms with Crippen LogP contribution in [0.4, 0.5) is 0 Å². The molecule has 3 aliphatic rings. The van der Waals surface area contributed by atoms with Gasteiger partial charge in [-0.25, -0.2) is 4.57 Å². The maximum absolute atomic E-state index is 12.9. The third-order valence-corrected chi connectivity index (χ3v) is 5.52. The Bertz CT molecular complexity index is 634. The van der Waals surface area contributed by atoms with Gasteiger partial charge in [0.15, 0.2) is 12.1 Å². The van der Waals surface area contributed by atoms with Crippen molar-refractivity contribution in [1.29, 1.82) is 0 Å². The summed E-state index contributed by atoms with van der Waals surface area (Å²) in [4.78, 5) is 0. The van der Waals surface area contributed by atoms with E-state index in [9.17, 15) is 4.57 Å². The fourth-order valence-electron chi connectivity index (χ4n) is 3.09. The number of phosphoric ester groups is 1. The Morgan fingerprint density at radius 2 is 1.78 bits per heavy atom. The zero-order valence-electron chi connectivity index (χ0n) is 13.1. The van der Waals surface area contributed by atoms with Gasteiger partial charge in [-0.05, 0) is 32.9 Å². The summed E-state index contributed by atoms with van der Waals surface area (Å²) < 4.78 is 46.8. The molecule has 0 aliphatic carbocycles. The molecule has 23 heavy (non-hydrogen) atoms. The standard InChI is InChI=1S/C15H19O7P/c1-9-11-12(13-14(17-11)19-15(2,3)18-13)22-23(16,20-9)21-10-7-5-4-6-8-10/h4-9,11-14H,1-3H3/t9-,11+,12-,13+,14+,23?/m0/s1. The number of ether oxygens (including phenoxy) is 3. The smallest absolute Gasteiger partial charge is 0.404 e. The first kappa shape index (κ1) is 15.6. The van der Waals surface area contributed by atoms with Crippen molar-refractivity contribution < 1.29 is 32.3 Å². The third kappa shape index (κ3) is 2.82. The molecule has 0 bridgehead atoms. The molecule has 126 valence electrons. The highest BCUT2D eigenvalue weighted by Gasteiger charge is 2.62. The van der Waals surface area contributed by atoms with Crippen LogP contribution < -0.4 is 4.52 Å². The molecule has 3 heterocycles. The molecule has 3 aliphatic heterocycles. The van der Waals surface area contributed by atoms with Gasteiger partial charge in [0, 0.05) is 0 Å². The van der Waals surface area contributed by atoms with Crippen LogP contribution in [0.3, 0.4) is 0 Å². The lowest BCUT2D eigenvalue weighted by molar-refractivity contribution is -0.228. The lowest BCUT2D eigenvalue weighted by Crippen LogP contribution is -2.45. The van der Waals surface area contributed by atoms with Crippen molar-refractivity contribution in [3.63, 3.8) is 0 Å². The van der Waals surface area contributed by atoms with Crippen LogP contribution in [0.2, 0.25) is 0 Å². The molecule has 4 rings (SSSR count). The average molecular weight is 342 g/mol. The molecule has 0 aromatic heterocycles. The van der Waals surface area contributed by atoms with Crippen molar-refractivity contribution in [1.82, 2.24) is 0 Å². The van der Waals surface area contributed by atoms with Gasteiger partial charge in [0.2, 0.25) is 0 Å². The van der Waals surface area contributed by atoms with E-state index < -0.39 is 44.3 Å². The predicted molar refractivity (Wildman–Crippen MR) is 78.8 cm³/mol. The van der Waals surface area contributed by atoms with E-state index >= 15 is 0 Å². The first-order chi connectivity index (χ1) is 10.9. The van der Waals surface area contributed by atoms with E-state index in [4.69, 9.17) is 27.8 Å². The minimum Gasteiger partial charge on any atom is -0.404 e. The quantitative estimate of drug-likeness (QED) is 0.765. The summed E-state index contributed by atoms with van der Waals surface area (Å²) >= 11 is 0. The van der Waals surface area contributed by atoms with Gasteiger partial charge in [0.25, 0.3) is 0 Å². The minimum atomic E-state index is -3.77. The van der Waals surface area contributed by atoms with Crippen LogP contribution in [0.1, 0.15) is 20.8 Å². The zero-order chi connectivity index (χ0) is 16.2. The molecule has 0 spiro atoms. The molecule has 3 saturated heterocycles. The fourth-order valence-corrected chi connectivity index (χ4v) is 4.67. The molecule has 6 atom stereocenters. The Kier molecular flexibility index (Phi) is 3.57. The molecule has 1 aromatic rings. The molecule has 0 N–H and O–H groups in total. The van der Waals surface area contributed by atoms with Crippen molar-refractivity contribution >= 4 is 7.82 Å². The highest BCUT2D eigenvalue weighted by Crippen LogP contribution is 2.58. The molecule has 8 heteroatoms. The molecule has 0 saturated carbocycles. The summed E-state index contributed by atoms with van der Waals surface area (Å²) in [7, 11) is -3.77. The van der Waals surface area contributed by atoms with Gasteiger partial charge in [0.1, 0.15) is 24.1 Å². The van der Waals surface area contributed by atoms with E-state index in [0.29, 0.717) is 5.75 Å². The summed E-state index contributed by atoms with van der Waals surface area (Å²) in [6, 6.07) is 8.78. The van der Waals surface area contributed by atoms with E-state index in [2.05, 4.69) is 0 Å². The van der Waals surface area contributed by atoms with Gasteiger partial charge in [-0.15, -0.1) is 0 Å². The topological polar surface area (TPSA) is 72.5 Å². The summed E-state index contributed by atoms with van der Waals surface area (Å²) in [5.74, 6) is -0.351. The van der Waals surface area contributed by atoms with Gasteiger partial charge in [-0.1, -0.05) is 18.2 Å². The van der Waals surface area contributed by atoms with Crippen LogP contribution in [0.15, 0.2) is 30.3 Å².